The van der Waals surface area contributed by atoms with E-state index in [0.717, 1.165) is 50.1 Å². The summed E-state index contributed by atoms with van der Waals surface area (Å²) in [6.45, 7) is 0. The fraction of sp³-hybridized carbons (Fsp3) is 0.0192. The van der Waals surface area contributed by atoms with E-state index in [0.29, 0.717) is 0 Å². The normalized spacial score (nSPS) is 12.9. The van der Waals surface area contributed by atoms with Gasteiger partial charge >= 0.3 is 0 Å². The molecule has 0 aliphatic heterocycles. The molecule has 0 atom stereocenters. The lowest BCUT2D eigenvalue weighted by Crippen LogP contribution is -2.28. The predicted molar refractivity (Wildman–Crippen MR) is 226 cm³/mol. The van der Waals surface area contributed by atoms with Gasteiger partial charge in [-0.25, -0.2) is 4.98 Å². The maximum Gasteiger partial charge on any atom is 0.181 e. The first-order valence-electron chi connectivity index (χ1n) is 18.8. The molecule has 8 aromatic carbocycles. The van der Waals surface area contributed by atoms with Crippen LogP contribution in [0.25, 0.3) is 55.0 Å². The molecule has 1 aliphatic carbocycles. The molecule has 0 saturated heterocycles. The lowest BCUT2D eigenvalue weighted by atomic mass is 9.67. The van der Waals surface area contributed by atoms with Crippen molar-refractivity contribution in [1.82, 2.24) is 4.98 Å². The number of aromatic nitrogens is 1. The van der Waals surface area contributed by atoms with Crippen LogP contribution in [0.4, 0.5) is 17.2 Å². The van der Waals surface area contributed by atoms with Crippen LogP contribution in [0.5, 0.6) is 0 Å². The van der Waals surface area contributed by atoms with Crippen LogP contribution in [0.3, 0.4) is 0 Å². The lowest BCUT2D eigenvalue weighted by Gasteiger charge is -2.34. The molecule has 1 aliphatic rings. The van der Waals surface area contributed by atoms with Crippen LogP contribution in [0.1, 0.15) is 22.3 Å². The Balaban J connectivity index is 1.18. The third-order valence-electron chi connectivity index (χ3n) is 11.4. The van der Waals surface area contributed by atoms with Crippen LogP contribution in [0.2, 0.25) is 0 Å². The second-order valence-corrected chi connectivity index (χ2v) is 14.3. The molecule has 11 rings (SSSR count). The van der Waals surface area contributed by atoms with Gasteiger partial charge in [0, 0.05) is 28.3 Å². The summed E-state index contributed by atoms with van der Waals surface area (Å²) in [6.07, 6.45) is 1.91. The fourth-order valence-electron chi connectivity index (χ4n) is 8.93. The van der Waals surface area contributed by atoms with Crippen LogP contribution >= 0.6 is 0 Å². The molecule has 0 fully saturated rings. The quantitative estimate of drug-likeness (QED) is 0.173. The molecule has 10 aromatic rings. The molecular weight excluding hydrogens is 669 g/mol. The van der Waals surface area contributed by atoms with Crippen LogP contribution in [-0.4, -0.2) is 4.98 Å². The van der Waals surface area contributed by atoms with Crippen molar-refractivity contribution in [2.45, 2.75) is 5.41 Å². The molecule has 0 unspecified atom stereocenters. The summed E-state index contributed by atoms with van der Waals surface area (Å²) < 4.78 is 6.83. The Bertz CT molecular complexity index is 2980. The molecule has 3 nitrogen and oxygen atoms in total. The van der Waals surface area contributed by atoms with Crippen molar-refractivity contribution in [3.63, 3.8) is 0 Å². The number of nitrogens with zero attached hydrogens (tertiary/aromatic N) is 2. The first-order valence-corrected chi connectivity index (χ1v) is 18.8. The number of hydrogen-bond acceptors (Lipinski definition) is 3. The molecule has 258 valence electrons. The van der Waals surface area contributed by atoms with Crippen molar-refractivity contribution < 1.29 is 4.42 Å². The largest absolute Gasteiger partial charge is 0.452 e. The maximum absolute atomic E-state index is 6.83. The van der Waals surface area contributed by atoms with E-state index in [1.54, 1.807) is 0 Å². The predicted octanol–water partition coefficient (Wildman–Crippen LogP) is 13.6. The van der Waals surface area contributed by atoms with Crippen molar-refractivity contribution in [3.8, 4) is 22.3 Å². The fourth-order valence-corrected chi connectivity index (χ4v) is 8.93. The van der Waals surface area contributed by atoms with E-state index in [9.17, 15) is 0 Å². The average Bonchev–Trinajstić information content (AvgIpc) is 3.77. The first-order chi connectivity index (χ1) is 27.3. The zero-order valence-electron chi connectivity index (χ0n) is 29.9. The van der Waals surface area contributed by atoms with Crippen LogP contribution in [0, 0.1) is 0 Å². The highest BCUT2D eigenvalue weighted by Gasteiger charge is 2.46. The SMILES string of the molecule is c1ccc(-c2ccc(N(c3ccc4c(c3)C(c3ccccc3)(c3ccccc3)c3ccccc3-4)c3nccc4c3oc3cc5ccccc5cc34)cc2)cc1. The van der Waals surface area contributed by atoms with E-state index in [-0.39, 0.29) is 0 Å². The molecular formula is C52H34N2O. The van der Waals surface area contributed by atoms with E-state index < -0.39 is 5.41 Å². The molecule has 3 heteroatoms. The van der Waals surface area contributed by atoms with Gasteiger partial charge in [0.2, 0.25) is 0 Å². The number of furan rings is 1. The van der Waals surface area contributed by atoms with Gasteiger partial charge in [-0.2, -0.15) is 0 Å². The molecule has 2 heterocycles. The van der Waals surface area contributed by atoms with Crippen molar-refractivity contribution in [1.29, 1.82) is 0 Å². The summed E-state index contributed by atoms with van der Waals surface area (Å²) in [4.78, 5) is 7.39. The second kappa shape index (κ2) is 12.4. The summed E-state index contributed by atoms with van der Waals surface area (Å²) in [5, 5.41) is 4.44. The molecule has 2 aromatic heterocycles. The van der Waals surface area contributed by atoms with Gasteiger partial charge in [0.25, 0.3) is 0 Å². The van der Waals surface area contributed by atoms with Gasteiger partial charge in [0.05, 0.1) is 5.41 Å². The Morgan fingerprint density at radius 3 is 1.75 bits per heavy atom. The average molecular weight is 703 g/mol. The van der Waals surface area contributed by atoms with E-state index in [2.05, 4.69) is 205 Å². The first kappa shape index (κ1) is 31.3. The third kappa shape index (κ3) is 4.80. The highest BCUT2D eigenvalue weighted by Crippen LogP contribution is 2.57. The Kier molecular flexibility index (Phi) is 7.08. The Morgan fingerprint density at radius 2 is 1.02 bits per heavy atom. The summed E-state index contributed by atoms with van der Waals surface area (Å²) >= 11 is 0. The van der Waals surface area contributed by atoms with Gasteiger partial charge in [-0.05, 0) is 97.7 Å². The molecule has 55 heavy (non-hydrogen) atoms. The van der Waals surface area contributed by atoms with Crippen molar-refractivity contribution in [2.24, 2.45) is 0 Å². The number of pyridine rings is 1. The molecule has 0 spiro atoms. The molecule has 0 radical (unpaired) electrons. The van der Waals surface area contributed by atoms with Gasteiger partial charge < -0.3 is 4.42 Å². The summed E-state index contributed by atoms with van der Waals surface area (Å²) in [5.74, 6) is 0.741. The van der Waals surface area contributed by atoms with Gasteiger partial charge in [0.15, 0.2) is 11.4 Å². The highest BCUT2D eigenvalue weighted by molar-refractivity contribution is 6.13. The van der Waals surface area contributed by atoms with Crippen LogP contribution < -0.4 is 4.90 Å². The monoisotopic (exact) mass is 702 g/mol. The number of fused-ring (bicyclic) bond motifs is 7. The minimum absolute atomic E-state index is 0.536. The zero-order chi connectivity index (χ0) is 36.3. The van der Waals surface area contributed by atoms with Crippen molar-refractivity contribution in [3.05, 3.63) is 229 Å². The zero-order valence-corrected chi connectivity index (χ0v) is 29.9. The molecule has 0 saturated carbocycles. The maximum atomic E-state index is 6.83. The second-order valence-electron chi connectivity index (χ2n) is 14.3. The van der Waals surface area contributed by atoms with Gasteiger partial charge in [-0.3, -0.25) is 4.90 Å². The number of rotatable bonds is 6. The minimum atomic E-state index is -0.536. The lowest BCUT2D eigenvalue weighted by molar-refractivity contribution is 0.667. The van der Waals surface area contributed by atoms with E-state index >= 15 is 0 Å². The van der Waals surface area contributed by atoms with Crippen LogP contribution in [0.15, 0.2) is 211 Å². The Morgan fingerprint density at radius 1 is 0.436 bits per heavy atom. The number of hydrogen-bond donors (Lipinski definition) is 0. The number of anilines is 3. The summed E-state index contributed by atoms with van der Waals surface area (Å²) in [6, 6.07) is 71.9. The molecule has 0 bridgehead atoms. The van der Waals surface area contributed by atoms with Crippen molar-refractivity contribution >= 4 is 49.9 Å². The van der Waals surface area contributed by atoms with Gasteiger partial charge in [0.1, 0.15) is 5.58 Å². The van der Waals surface area contributed by atoms with E-state index in [4.69, 9.17) is 9.40 Å². The molecule has 0 N–H and O–H groups in total. The van der Waals surface area contributed by atoms with E-state index in [1.807, 2.05) is 6.20 Å². The summed E-state index contributed by atoms with van der Waals surface area (Å²) in [7, 11) is 0. The molecule has 0 amide bonds. The van der Waals surface area contributed by atoms with Gasteiger partial charge in [-0.15, -0.1) is 0 Å². The van der Waals surface area contributed by atoms with E-state index in [1.165, 1.54) is 44.3 Å². The third-order valence-corrected chi connectivity index (χ3v) is 11.4. The summed E-state index contributed by atoms with van der Waals surface area (Å²) in [5.41, 5.74) is 12.8. The standard InChI is InChI=1S/C52H34N2O/c1-4-14-35(15-5-1)36-24-26-41(27-25-36)54(51-50-45(30-31-53-51)46-32-37-16-10-11-17-38(37)33-49(46)55-50)42-28-29-44-43-22-12-13-23-47(43)52(48(44)34-42,39-18-6-2-7-19-39)40-20-8-3-9-21-40/h1-34H. The number of benzene rings is 8. The van der Waals surface area contributed by atoms with Crippen molar-refractivity contribution in [2.75, 3.05) is 4.90 Å². The Labute approximate surface area is 319 Å². The van der Waals surface area contributed by atoms with Gasteiger partial charge in [-0.1, -0.05) is 158 Å². The highest BCUT2D eigenvalue weighted by atomic mass is 16.3. The smallest absolute Gasteiger partial charge is 0.181 e. The van der Waals surface area contributed by atoms with Crippen LogP contribution in [-0.2, 0) is 5.41 Å². The topological polar surface area (TPSA) is 29.3 Å². The Hall–Kier alpha value is -7.23. The minimum Gasteiger partial charge on any atom is -0.452 e.